The van der Waals surface area contributed by atoms with Gasteiger partial charge in [0.15, 0.2) is 10.2 Å². The molecule has 0 aliphatic carbocycles. The van der Waals surface area contributed by atoms with Gasteiger partial charge in [-0.05, 0) is 60.8 Å². The number of para-hydroxylation sites is 2. The van der Waals surface area contributed by atoms with Crippen LogP contribution in [0, 0.1) is 20.2 Å². The molecule has 0 aliphatic heterocycles. The summed E-state index contributed by atoms with van der Waals surface area (Å²) in [5.41, 5.74) is 2.43. The molecule has 0 spiro atoms. The van der Waals surface area contributed by atoms with Crippen molar-refractivity contribution in [2.24, 2.45) is 0 Å². The molecule has 214 valence electrons. The third-order valence-electron chi connectivity index (χ3n) is 4.10. The first-order chi connectivity index (χ1) is 18.8. The summed E-state index contributed by atoms with van der Waals surface area (Å²) in [6.45, 7) is 0. The van der Waals surface area contributed by atoms with E-state index in [1.807, 2.05) is 12.1 Å². The average Bonchev–Trinajstić information content (AvgIpc) is 2.85. The van der Waals surface area contributed by atoms with Crippen molar-refractivity contribution in [2.75, 3.05) is 46.3 Å². The highest BCUT2D eigenvalue weighted by molar-refractivity contribution is 7.83. The van der Waals surface area contributed by atoms with E-state index in [0.29, 0.717) is 22.7 Å². The first-order valence-electron chi connectivity index (χ1n) is 11.0. The topological polar surface area (TPSA) is 169 Å². The van der Waals surface area contributed by atoms with Crippen molar-refractivity contribution in [3.05, 3.63) is 93.0 Å². The van der Waals surface area contributed by atoms with E-state index in [9.17, 15) is 28.6 Å². The number of nitro groups is 2. The van der Waals surface area contributed by atoms with Crippen LogP contribution in [-0.2, 0) is 21.6 Å². The molecule has 0 unspecified atom stereocenters. The summed E-state index contributed by atoms with van der Waals surface area (Å²) in [5, 5.41) is 34.1. The molecule has 0 bridgehead atoms. The second-order valence-electron chi connectivity index (χ2n) is 7.79. The van der Waals surface area contributed by atoms with Crippen molar-refractivity contribution in [1.29, 1.82) is 0 Å². The Bertz CT molecular complexity index is 1260. The van der Waals surface area contributed by atoms with Crippen molar-refractivity contribution in [3.8, 4) is 0 Å². The molecule has 0 radical (unpaired) electrons. The Kier molecular flexibility index (Phi) is 15.1. The van der Waals surface area contributed by atoms with Gasteiger partial charge in [0.1, 0.15) is 0 Å². The number of nitro benzene ring substituents is 2. The molecule has 12 nitrogen and oxygen atoms in total. The third-order valence-corrected chi connectivity index (χ3v) is 4.50. The average molecular weight is 625 g/mol. The lowest BCUT2D eigenvalue weighted by Crippen LogP contribution is -2.23. The largest absolute Gasteiger partial charge is 0.332 e. The monoisotopic (exact) mass is 624 g/mol. The maximum Gasteiger partial charge on any atom is 0.269 e. The predicted octanol–water partition coefficient (Wildman–Crippen LogP) is 5.11. The van der Waals surface area contributed by atoms with Crippen molar-refractivity contribution in [2.45, 2.75) is 0 Å². The van der Waals surface area contributed by atoms with E-state index in [1.54, 1.807) is 61.4 Å². The number of hydrogen-bond acceptors (Lipinski definition) is 8. The minimum Gasteiger partial charge on any atom is -0.332 e. The predicted molar refractivity (Wildman–Crippen MR) is 172 cm³/mol. The van der Waals surface area contributed by atoms with Crippen LogP contribution in [0.3, 0.4) is 0 Å². The number of rotatable bonds is 6. The van der Waals surface area contributed by atoms with Crippen LogP contribution in [0.1, 0.15) is 0 Å². The molecule has 3 rings (SSSR count). The molecule has 0 saturated heterocycles. The van der Waals surface area contributed by atoms with Gasteiger partial charge in [-0.2, -0.15) is 0 Å². The molecule has 0 atom stereocenters. The van der Waals surface area contributed by atoms with E-state index in [2.05, 4.69) is 21.3 Å². The molecule has 0 aliphatic rings. The Morgan fingerprint density at radius 2 is 0.875 bits per heavy atom. The van der Waals surface area contributed by atoms with Crippen LogP contribution in [0.4, 0.5) is 34.1 Å². The molecule has 0 saturated carbocycles. The minimum atomic E-state index is -0.611. The van der Waals surface area contributed by atoms with Gasteiger partial charge in [0.2, 0.25) is 0 Å². The van der Waals surface area contributed by atoms with Crippen molar-refractivity contribution in [1.82, 2.24) is 0 Å². The van der Waals surface area contributed by atoms with Crippen LogP contribution in [0.25, 0.3) is 0 Å². The van der Waals surface area contributed by atoms with Crippen LogP contribution in [0.5, 0.6) is 0 Å². The zero-order chi connectivity index (χ0) is 30.2. The quantitative estimate of drug-likeness (QED) is 0.163. The van der Waals surface area contributed by atoms with E-state index in [-0.39, 0.29) is 21.6 Å². The van der Waals surface area contributed by atoms with Crippen molar-refractivity contribution in [3.63, 3.8) is 0 Å². The van der Waals surface area contributed by atoms with Gasteiger partial charge in [-0.3, -0.25) is 28.6 Å². The highest BCUT2D eigenvalue weighted by atomic mass is 32.2. The Balaban J connectivity index is 0.000000883. The zero-order valence-corrected chi connectivity index (χ0v) is 25.2. The molecule has 0 heterocycles. The first-order valence-corrected chi connectivity index (χ1v) is 15.8. The standard InChI is InChI=1S/C20H16N6O4S2.2C2H6OS/c27-25(28)15-9-5-13(6-10-15)21-19(31)23-17-3-1-2-4-18(17)24-20(32)22-14-7-11-16(12-8-14)26(29)30;2*1-4(2)3/h1-12H,(H2,21,23,31)(H2,22,24,32);2*1-2H3. The lowest BCUT2D eigenvalue weighted by atomic mass is 10.2. The number of nitrogens with one attached hydrogen (secondary N) is 4. The fourth-order valence-corrected chi connectivity index (χ4v) is 3.06. The molecular formula is C24H28N6O6S4. The zero-order valence-electron chi connectivity index (χ0n) is 21.9. The second-order valence-corrected chi connectivity index (χ2v) is 11.6. The molecule has 16 heteroatoms. The van der Waals surface area contributed by atoms with Gasteiger partial charge in [0.25, 0.3) is 11.4 Å². The smallest absolute Gasteiger partial charge is 0.269 e. The fourth-order valence-electron chi connectivity index (χ4n) is 2.60. The maximum atomic E-state index is 10.8. The Hall–Kier alpha value is -3.86. The summed E-state index contributed by atoms with van der Waals surface area (Å²) in [5.74, 6) is 0. The fraction of sp³-hybridized carbons (Fsp3) is 0.167. The normalized spacial score (nSPS) is 9.75. The third kappa shape index (κ3) is 14.3. The van der Waals surface area contributed by atoms with Gasteiger partial charge >= 0.3 is 0 Å². The van der Waals surface area contributed by atoms with Crippen LogP contribution < -0.4 is 21.3 Å². The maximum absolute atomic E-state index is 10.8. The number of anilines is 4. The Labute approximate surface area is 247 Å². The lowest BCUT2D eigenvalue weighted by Gasteiger charge is -2.16. The highest BCUT2D eigenvalue weighted by Crippen LogP contribution is 2.23. The number of nitrogens with zero attached hydrogens (tertiary/aromatic N) is 2. The van der Waals surface area contributed by atoms with Gasteiger partial charge in [-0.1, -0.05) is 12.1 Å². The van der Waals surface area contributed by atoms with E-state index in [1.165, 1.54) is 24.3 Å². The lowest BCUT2D eigenvalue weighted by molar-refractivity contribution is -0.385. The second kappa shape index (κ2) is 17.7. The van der Waals surface area contributed by atoms with E-state index in [4.69, 9.17) is 24.4 Å². The van der Waals surface area contributed by atoms with Gasteiger partial charge in [-0.25, -0.2) is 0 Å². The van der Waals surface area contributed by atoms with Crippen LogP contribution in [0.2, 0.25) is 0 Å². The molecule has 0 fully saturated rings. The Morgan fingerprint density at radius 3 is 1.12 bits per heavy atom. The molecule has 3 aromatic carbocycles. The number of thiocarbonyl (C=S) groups is 2. The summed E-state index contributed by atoms with van der Waals surface area (Å²) >= 11 is 10.7. The summed E-state index contributed by atoms with van der Waals surface area (Å²) < 4.78 is 19.1. The van der Waals surface area contributed by atoms with Crippen LogP contribution in [-0.4, -0.2) is 53.5 Å². The van der Waals surface area contributed by atoms with Crippen molar-refractivity contribution >= 4 is 90.4 Å². The SMILES string of the molecule is CS(C)=O.CS(C)=O.O=[N+]([O-])c1ccc(NC(=S)Nc2ccccc2NC(=S)Nc2ccc([N+](=O)[O-])cc2)cc1. The molecule has 0 aromatic heterocycles. The summed E-state index contributed by atoms with van der Waals surface area (Å²) in [6.07, 6.45) is 6.56. The molecule has 40 heavy (non-hydrogen) atoms. The number of benzene rings is 3. The molecule has 0 amide bonds. The highest BCUT2D eigenvalue weighted by Gasteiger charge is 2.09. The van der Waals surface area contributed by atoms with E-state index in [0.717, 1.165) is 0 Å². The van der Waals surface area contributed by atoms with Gasteiger partial charge in [0.05, 0.1) is 21.2 Å². The first kappa shape index (κ1) is 34.2. The van der Waals surface area contributed by atoms with E-state index < -0.39 is 31.4 Å². The van der Waals surface area contributed by atoms with Gasteiger partial charge in [-0.15, -0.1) is 0 Å². The van der Waals surface area contributed by atoms with Crippen molar-refractivity contribution < 1.29 is 18.3 Å². The number of non-ortho nitro benzene ring substituents is 2. The minimum absolute atomic E-state index is 0.0157. The van der Waals surface area contributed by atoms with E-state index >= 15 is 0 Å². The molecular weight excluding hydrogens is 597 g/mol. The van der Waals surface area contributed by atoms with Gasteiger partial charge in [0, 0.05) is 82.3 Å². The van der Waals surface area contributed by atoms with Crippen LogP contribution in [0.15, 0.2) is 72.8 Å². The summed E-state index contributed by atoms with van der Waals surface area (Å²) in [7, 11) is -1.22. The number of hydrogen-bond donors (Lipinski definition) is 4. The van der Waals surface area contributed by atoms with Crippen LogP contribution >= 0.6 is 24.4 Å². The summed E-state index contributed by atoms with van der Waals surface area (Å²) in [6, 6.07) is 18.9. The summed E-state index contributed by atoms with van der Waals surface area (Å²) in [4.78, 5) is 20.6. The Morgan fingerprint density at radius 1 is 0.600 bits per heavy atom. The molecule has 4 N–H and O–H groups in total. The molecule has 3 aromatic rings. The van der Waals surface area contributed by atoms with Gasteiger partial charge < -0.3 is 21.3 Å².